The van der Waals surface area contributed by atoms with Crippen LogP contribution in [-0.4, -0.2) is 23.0 Å². The molecular formula is C22H19N3O3S. The molecule has 1 N–H and O–H groups in total. The predicted molar refractivity (Wildman–Crippen MR) is 112 cm³/mol. The van der Waals surface area contributed by atoms with Crippen LogP contribution in [0.4, 0.5) is 5.69 Å². The van der Waals surface area contributed by atoms with Gasteiger partial charge in [0.2, 0.25) is 0 Å². The normalized spacial score (nSPS) is 11.3. The molecule has 7 heteroatoms. The van der Waals surface area contributed by atoms with Gasteiger partial charge in [0, 0.05) is 16.6 Å². The minimum atomic E-state index is -1.01. The van der Waals surface area contributed by atoms with Crippen LogP contribution in [0.1, 0.15) is 35.5 Å². The van der Waals surface area contributed by atoms with E-state index in [0.717, 1.165) is 12.0 Å². The zero-order valence-corrected chi connectivity index (χ0v) is 16.8. The van der Waals surface area contributed by atoms with E-state index in [0.29, 0.717) is 16.3 Å². The third kappa shape index (κ3) is 5.06. The summed E-state index contributed by atoms with van der Waals surface area (Å²) in [7, 11) is 0. The first-order valence-corrected chi connectivity index (χ1v) is 9.95. The Morgan fingerprint density at radius 1 is 1.24 bits per heavy atom. The van der Waals surface area contributed by atoms with Gasteiger partial charge < -0.3 is 10.1 Å². The van der Waals surface area contributed by atoms with E-state index in [1.807, 2.05) is 30.3 Å². The third-order valence-corrected chi connectivity index (χ3v) is 5.13. The van der Waals surface area contributed by atoms with Crippen LogP contribution in [0.25, 0.3) is 10.6 Å². The van der Waals surface area contributed by atoms with Gasteiger partial charge in [0.15, 0.2) is 11.8 Å². The second-order valence-corrected chi connectivity index (χ2v) is 7.18. The van der Waals surface area contributed by atoms with E-state index in [9.17, 15) is 9.59 Å². The molecule has 0 saturated heterocycles. The number of hydrogen-bond donors (Lipinski definition) is 1. The third-order valence-electron chi connectivity index (χ3n) is 4.23. The Balaban J connectivity index is 1.62. The number of esters is 1. The van der Waals surface area contributed by atoms with Crippen molar-refractivity contribution < 1.29 is 14.3 Å². The lowest BCUT2D eigenvalue weighted by atomic mass is 10.1. The molecule has 1 aromatic heterocycles. The highest BCUT2D eigenvalue weighted by atomic mass is 32.1. The van der Waals surface area contributed by atoms with Crippen LogP contribution in [-0.2, 0) is 16.0 Å². The fraction of sp³-hybridized carbons (Fsp3) is 0.182. The van der Waals surface area contributed by atoms with Crippen molar-refractivity contribution in [2.45, 2.75) is 26.4 Å². The monoisotopic (exact) mass is 405 g/mol. The largest absolute Gasteiger partial charge is 0.448 e. The molecule has 0 spiro atoms. The summed E-state index contributed by atoms with van der Waals surface area (Å²) in [5.41, 5.74) is 3.20. The second kappa shape index (κ2) is 9.13. The number of ether oxygens (including phenoxy) is 1. The quantitative estimate of drug-likeness (QED) is 0.613. The Morgan fingerprint density at radius 2 is 2.00 bits per heavy atom. The van der Waals surface area contributed by atoms with E-state index in [1.54, 1.807) is 29.6 Å². The number of benzene rings is 2. The molecule has 0 aliphatic heterocycles. The number of carbonyl (C=O) groups is 2. The molecule has 6 nitrogen and oxygen atoms in total. The van der Waals surface area contributed by atoms with Gasteiger partial charge in [-0.1, -0.05) is 37.3 Å². The van der Waals surface area contributed by atoms with E-state index < -0.39 is 18.0 Å². The maximum Gasteiger partial charge on any atom is 0.358 e. The van der Waals surface area contributed by atoms with Crippen LogP contribution in [0, 0.1) is 11.3 Å². The van der Waals surface area contributed by atoms with Crippen LogP contribution >= 0.6 is 11.3 Å². The molecule has 0 unspecified atom stereocenters. The number of carbonyl (C=O) groups excluding carboxylic acids is 2. The number of nitriles is 1. The number of amides is 1. The average Bonchev–Trinajstić information content (AvgIpc) is 3.24. The number of anilines is 1. The van der Waals surface area contributed by atoms with Crippen molar-refractivity contribution in [2.75, 3.05) is 5.32 Å². The molecule has 3 aromatic rings. The summed E-state index contributed by atoms with van der Waals surface area (Å²) in [4.78, 5) is 29.0. The SMILES string of the molecule is CCc1ccc(-c2nc(C(=O)O[C@@H](C)C(=O)Nc3cccc(C#N)c3)cs2)cc1. The maximum absolute atomic E-state index is 12.4. The van der Waals surface area contributed by atoms with Crippen molar-refractivity contribution in [3.63, 3.8) is 0 Å². The molecule has 0 fully saturated rings. The first kappa shape index (κ1) is 20.2. The Hall–Kier alpha value is -3.50. The van der Waals surface area contributed by atoms with Gasteiger partial charge in [-0.05, 0) is 37.1 Å². The summed E-state index contributed by atoms with van der Waals surface area (Å²) in [5, 5.41) is 13.9. The number of nitrogens with zero attached hydrogens (tertiary/aromatic N) is 2. The van der Waals surface area contributed by atoms with Crippen LogP contribution < -0.4 is 5.32 Å². The van der Waals surface area contributed by atoms with Gasteiger partial charge in [-0.15, -0.1) is 11.3 Å². The predicted octanol–water partition coefficient (Wildman–Crippen LogP) is 4.43. The number of hydrogen-bond acceptors (Lipinski definition) is 6. The Labute approximate surface area is 172 Å². The summed E-state index contributed by atoms with van der Waals surface area (Å²) in [6.45, 7) is 3.57. The Bertz CT molecular complexity index is 1070. The number of nitrogens with one attached hydrogen (secondary N) is 1. The molecule has 1 heterocycles. The lowest BCUT2D eigenvalue weighted by Gasteiger charge is -2.12. The zero-order chi connectivity index (χ0) is 20.8. The number of rotatable bonds is 6. The summed E-state index contributed by atoms with van der Waals surface area (Å²) in [6, 6.07) is 16.5. The molecule has 2 aromatic carbocycles. The topological polar surface area (TPSA) is 92.1 Å². The molecule has 146 valence electrons. The van der Waals surface area contributed by atoms with Gasteiger partial charge in [-0.3, -0.25) is 4.79 Å². The van der Waals surface area contributed by atoms with Gasteiger partial charge in [0.25, 0.3) is 5.91 Å². The summed E-state index contributed by atoms with van der Waals surface area (Å²) in [6.07, 6.45) is -0.0570. The molecule has 1 amide bonds. The summed E-state index contributed by atoms with van der Waals surface area (Å²) < 4.78 is 5.24. The second-order valence-electron chi connectivity index (χ2n) is 6.32. The molecule has 29 heavy (non-hydrogen) atoms. The van der Waals surface area contributed by atoms with Gasteiger partial charge in [0.1, 0.15) is 5.01 Å². The minimum absolute atomic E-state index is 0.163. The van der Waals surface area contributed by atoms with Crippen molar-refractivity contribution in [2.24, 2.45) is 0 Å². The lowest BCUT2D eigenvalue weighted by molar-refractivity contribution is -0.123. The first-order valence-electron chi connectivity index (χ1n) is 9.07. The Morgan fingerprint density at radius 3 is 2.69 bits per heavy atom. The highest BCUT2D eigenvalue weighted by Crippen LogP contribution is 2.24. The average molecular weight is 405 g/mol. The van der Waals surface area contributed by atoms with Gasteiger partial charge in [0.05, 0.1) is 11.6 Å². The highest BCUT2D eigenvalue weighted by Gasteiger charge is 2.21. The summed E-state index contributed by atoms with van der Waals surface area (Å²) >= 11 is 1.34. The fourth-order valence-corrected chi connectivity index (χ4v) is 3.36. The molecule has 0 bridgehead atoms. The van der Waals surface area contributed by atoms with Gasteiger partial charge in [-0.25, -0.2) is 9.78 Å². The van der Waals surface area contributed by atoms with Gasteiger partial charge >= 0.3 is 5.97 Å². The van der Waals surface area contributed by atoms with Crippen LogP contribution in [0.2, 0.25) is 0 Å². The summed E-state index contributed by atoms with van der Waals surface area (Å²) in [5.74, 6) is -1.15. The van der Waals surface area contributed by atoms with E-state index in [2.05, 4.69) is 17.2 Å². The van der Waals surface area contributed by atoms with Crippen molar-refractivity contribution in [1.82, 2.24) is 4.98 Å². The highest BCUT2D eigenvalue weighted by molar-refractivity contribution is 7.13. The molecule has 1 atom stereocenters. The van der Waals surface area contributed by atoms with Crippen LogP contribution in [0.5, 0.6) is 0 Å². The molecule has 0 aliphatic rings. The van der Waals surface area contributed by atoms with E-state index in [1.165, 1.54) is 23.8 Å². The molecule has 3 rings (SSSR count). The van der Waals surface area contributed by atoms with Crippen molar-refractivity contribution in [3.8, 4) is 16.6 Å². The lowest BCUT2D eigenvalue weighted by Crippen LogP contribution is -2.30. The van der Waals surface area contributed by atoms with E-state index in [-0.39, 0.29) is 5.69 Å². The zero-order valence-electron chi connectivity index (χ0n) is 16.0. The molecule has 0 radical (unpaired) electrons. The van der Waals surface area contributed by atoms with Crippen molar-refractivity contribution >= 4 is 28.9 Å². The van der Waals surface area contributed by atoms with E-state index in [4.69, 9.17) is 10.00 Å². The fourth-order valence-electron chi connectivity index (χ4n) is 2.57. The van der Waals surface area contributed by atoms with Crippen LogP contribution in [0.3, 0.4) is 0 Å². The number of thiazole rings is 1. The maximum atomic E-state index is 12.4. The molecule has 0 saturated carbocycles. The number of aromatic nitrogens is 1. The number of aryl methyl sites for hydroxylation is 1. The van der Waals surface area contributed by atoms with E-state index >= 15 is 0 Å². The smallest absolute Gasteiger partial charge is 0.358 e. The van der Waals surface area contributed by atoms with Gasteiger partial charge in [-0.2, -0.15) is 5.26 Å². The standard InChI is InChI=1S/C22H19N3O3S/c1-3-15-7-9-17(10-8-15)21-25-19(13-29-21)22(27)28-14(2)20(26)24-18-6-4-5-16(11-18)12-23/h4-11,13-14H,3H2,1-2H3,(H,24,26)/t14-/m0/s1. The molecule has 0 aliphatic carbocycles. The first-order chi connectivity index (χ1) is 14.0. The molecular weight excluding hydrogens is 386 g/mol. The Kier molecular flexibility index (Phi) is 6.37. The van der Waals surface area contributed by atoms with Crippen molar-refractivity contribution in [1.29, 1.82) is 5.26 Å². The minimum Gasteiger partial charge on any atom is -0.448 e. The van der Waals surface area contributed by atoms with Crippen LogP contribution in [0.15, 0.2) is 53.9 Å². The van der Waals surface area contributed by atoms with Crippen molar-refractivity contribution in [3.05, 3.63) is 70.7 Å².